The third-order valence-electron chi connectivity index (χ3n) is 4.51. The summed E-state index contributed by atoms with van der Waals surface area (Å²) in [6.45, 7) is 0.886. The lowest BCUT2D eigenvalue weighted by molar-refractivity contribution is -0.193. The Hall–Kier alpha value is -2.97. The number of pyridine rings is 1. The maximum Gasteiger partial charge on any atom is 0.323 e. The molecule has 0 spiro atoms. The lowest BCUT2D eigenvalue weighted by Gasteiger charge is -2.35. The third-order valence-corrected chi connectivity index (χ3v) is 4.51. The van der Waals surface area contributed by atoms with Crippen LogP contribution in [-0.2, 0) is 11.5 Å². The Morgan fingerprint density at radius 1 is 1.00 bits per heavy atom. The molecule has 0 saturated heterocycles. The van der Waals surface area contributed by atoms with Crippen LogP contribution in [0, 0.1) is 18.6 Å². The molecule has 0 saturated carbocycles. The molecular weight excluding hydrogens is 388 g/mol. The van der Waals surface area contributed by atoms with Crippen LogP contribution in [0.5, 0.6) is 11.5 Å². The molecular formula is C21H18F4N2O2. The van der Waals surface area contributed by atoms with Crippen molar-refractivity contribution in [2.24, 2.45) is 5.73 Å². The highest BCUT2D eigenvalue weighted by Gasteiger charge is 2.56. The Morgan fingerprint density at radius 2 is 1.66 bits per heavy atom. The summed E-state index contributed by atoms with van der Waals surface area (Å²) in [6, 6.07) is 11.2. The minimum Gasteiger partial charge on any atom is -0.456 e. The summed E-state index contributed by atoms with van der Waals surface area (Å²) in [5, 5.41) is 10.6. The zero-order chi connectivity index (χ0) is 21.2. The molecule has 8 heteroatoms. The largest absolute Gasteiger partial charge is 0.456 e. The van der Waals surface area contributed by atoms with Gasteiger partial charge in [-0.3, -0.25) is 4.98 Å². The molecule has 2 aromatic carbocycles. The van der Waals surface area contributed by atoms with Gasteiger partial charge in [-0.15, -0.1) is 0 Å². The Balaban J connectivity index is 1.91. The number of hydrogen-bond donors (Lipinski definition) is 2. The molecule has 0 aliphatic carbocycles. The van der Waals surface area contributed by atoms with Crippen molar-refractivity contribution in [1.29, 1.82) is 0 Å². The van der Waals surface area contributed by atoms with E-state index in [4.69, 9.17) is 10.5 Å². The summed E-state index contributed by atoms with van der Waals surface area (Å²) < 4.78 is 62.9. The molecule has 0 aliphatic heterocycles. The minimum atomic E-state index is -4.07. The van der Waals surface area contributed by atoms with Crippen LogP contribution in [0.3, 0.4) is 0 Å². The van der Waals surface area contributed by atoms with Gasteiger partial charge in [-0.05, 0) is 37.3 Å². The van der Waals surface area contributed by atoms with Crippen LogP contribution < -0.4 is 10.5 Å². The average molecular weight is 406 g/mol. The van der Waals surface area contributed by atoms with Gasteiger partial charge in [0, 0.05) is 18.2 Å². The Kier molecular flexibility index (Phi) is 5.59. The van der Waals surface area contributed by atoms with E-state index >= 15 is 8.78 Å². The number of nitrogens with zero attached hydrogens (tertiary/aromatic N) is 1. The van der Waals surface area contributed by atoms with Crippen molar-refractivity contribution < 1.29 is 27.4 Å². The first-order chi connectivity index (χ1) is 13.7. The predicted molar refractivity (Wildman–Crippen MR) is 98.7 cm³/mol. The second-order valence-electron chi connectivity index (χ2n) is 6.56. The molecule has 3 aromatic rings. The highest BCUT2D eigenvalue weighted by molar-refractivity contribution is 5.35. The second-order valence-corrected chi connectivity index (χ2v) is 6.56. The van der Waals surface area contributed by atoms with Gasteiger partial charge in [-0.25, -0.2) is 8.78 Å². The molecule has 152 valence electrons. The fourth-order valence-electron chi connectivity index (χ4n) is 2.81. The van der Waals surface area contributed by atoms with Crippen molar-refractivity contribution in [2.45, 2.75) is 18.4 Å². The number of ether oxygens (including phenoxy) is 1. The zero-order valence-corrected chi connectivity index (χ0v) is 15.4. The SMILES string of the molecule is Cc1ccc(Oc2ccc(C(F)(F)C(O)(CN)c3ccc(F)cc3F)nc2)cc1. The van der Waals surface area contributed by atoms with E-state index in [1.165, 1.54) is 6.07 Å². The number of alkyl halides is 2. The monoisotopic (exact) mass is 406 g/mol. The molecule has 29 heavy (non-hydrogen) atoms. The van der Waals surface area contributed by atoms with E-state index in [0.29, 0.717) is 11.8 Å². The number of aryl methyl sites for hydroxylation is 1. The highest BCUT2D eigenvalue weighted by Crippen LogP contribution is 2.45. The van der Waals surface area contributed by atoms with Crippen molar-refractivity contribution in [3.8, 4) is 11.5 Å². The lowest BCUT2D eigenvalue weighted by atomic mass is 9.85. The molecule has 0 fully saturated rings. The summed E-state index contributed by atoms with van der Waals surface area (Å²) in [6.07, 6.45) is 1.06. The van der Waals surface area contributed by atoms with E-state index in [9.17, 15) is 13.9 Å². The average Bonchev–Trinajstić information content (AvgIpc) is 2.69. The van der Waals surface area contributed by atoms with Gasteiger partial charge in [0.05, 0.1) is 6.20 Å². The predicted octanol–water partition coefficient (Wildman–Crippen LogP) is 4.40. The van der Waals surface area contributed by atoms with Crippen LogP contribution >= 0.6 is 0 Å². The molecule has 3 rings (SSSR count). The zero-order valence-electron chi connectivity index (χ0n) is 15.4. The van der Waals surface area contributed by atoms with Gasteiger partial charge in [0.15, 0.2) is 5.60 Å². The van der Waals surface area contributed by atoms with Crippen molar-refractivity contribution in [1.82, 2.24) is 4.98 Å². The number of nitrogens with two attached hydrogens (primary N) is 1. The normalized spacial score (nSPS) is 13.8. The van der Waals surface area contributed by atoms with Gasteiger partial charge in [0.2, 0.25) is 0 Å². The molecule has 0 radical (unpaired) electrons. The molecule has 1 aromatic heterocycles. The van der Waals surface area contributed by atoms with Crippen molar-refractivity contribution in [3.05, 3.63) is 89.2 Å². The van der Waals surface area contributed by atoms with Crippen LogP contribution in [0.2, 0.25) is 0 Å². The Bertz CT molecular complexity index is 995. The molecule has 1 atom stereocenters. The molecule has 1 unspecified atom stereocenters. The number of aromatic nitrogens is 1. The van der Waals surface area contributed by atoms with E-state index in [2.05, 4.69) is 4.98 Å². The molecule has 3 N–H and O–H groups in total. The summed E-state index contributed by atoms with van der Waals surface area (Å²) >= 11 is 0. The van der Waals surface area contributed by atoms with Gasteiger partial charge in [0.1, 0.15) is 28.8 Å². The summed E-state index contributed by atoms with van der Waals surface area (Å²) in [5.41, 5.74) is 1.60. The fraction of sp³-hybridized carbons (Fsp3) is 0.190. The van der Waals surface area contributed by atoms with E-state index in [1.54, 1.807) is 12.1 Å². The van der Waals surface area contributed by atoms with E-state index in [1.807, 2.05) is 19.1 Å². The number of benzene rings is 2. The number of hydrogen-bond acceptors (Lipinski definition) is 4. The van der Waals surface area contributed by atoms with Crippen LogP contribution in [0.1, 0.15) is 16.8 Å². The highest BCUT2D eigenvalue weighted by atomic mass is 19.3. The van der Waals surface area contributed by atoms with Crippen molar-refractivity contribution >= 4 is 0 Å². The standard InChI is InChI=1S/C21H18F4N2O2/c1-13-2-5-15(6-3-13)29-16-7-9-19(27-11-16)21(24,25)20(28,12-26)17-8-4-14(22)10-18(17)23/h2-11,28H,12,26H2,1H3. The van der Waals surface area contributed by atoms with Gasteiger partial charge in [-0.2, -0.15) is 8.78 Å². The van der Waals surface area contributed by atoms with Crippen LogP contribution in [0.25, 0.3) is 0 Å². The van der Waals surface area contributed by atoms with E-state index < -0.39 is 41.0 Å². The first kappa shape index (κ1) is 20.8. The van der Waals surface area contributed by atoms with Crippen LogP contribution in [0.4, 0.5) is 17.6 Å². The van der Waals surface area contributed by atoms with E-state index in [0.717, 1.165) is 30.0 Å². The summed E-state index contributed by atoms with van der Waals surface area (Å²) in [7, 11) is 0. The molecule has 0 bridgehead atoms. The maximum atomic E-state index is 15.1. The fourth-order valence-corrected chi connectivity index (χ4v) is 2.81. The van der Waals surface area contributed by atoms with E-state index in [-0.39, 0.29) is 5.75 Å². The molecule has 1 heterocycles. The number of halogens is 4. The Morgan fingerprint density at radius 3 is 2.21 bits per heavy atom. The van der Waals surface area contributed by atoms with Gasteiger partial charge in [-0.1, -0.05) is 23.8 Å². The van der Waals surface area contributed by atoms with Crippen molar-refractivity contribution in [2.75, 3.05) is 6.54 Å². The van der Waals surface area contributed by atoms with Crippen molar-refractivity contribution in [3.63, 3.8) is 0 Å². The summed E-state index contributed by atoms with van der Waals surface area (Å²) in [5.74, 6) is -5.69. The summed E-state index contributed by atoms with van der Waals surface area (Å²) in [4.78, 5) is 3.66. The van der Waals surface area contributed by atoms with Crippen LogP contribution in [-0.4, -0.2) is 16.6 Å². The van der Waals surface area contributed by atoms with Gasteiger partial charge in [0.25, 0.3) is 0 Å². The lowest BCUT2D eigenvalue weighted by Crippen LogP contribution is -2.50. The molecule has 0 amide bonds. The molecule has 4 nitrogen and oxygen atoms in total. The third kappa shape index (κ3) is 3.94. The van der Waals surface area contributed by atoms with Gasteiger partial charge < -0.3 is 15.6 Å². The quantitative estimate of drug-likeness (QED) is 0.596. The number of rotatable bonds is 6. The number of aliphatic hydroxyl groups is 1. The minimum absolute atomic E-state index is 0.192. The van der Waals surface area contributed by atoms with Gasteiger partial charge >= 0.3 is 5.92 Å². The molecule has 0 aliphatic rings. The Labute approximate surface area is 164 Å². The smallest absolute Gasteiger partial charge is 0.323 e. The first-order valence-corrected chi connectivity index (χ1v) is 8.64. The topological polar surface area (TPSA) is 68.4 Å². The maximum absolute atomic E-state index is 15.1. The second kappa shape index (κ2) is 7.81. The first-order valence-electron chi connectivity index (χ1n) is 8.64. The van der Waals surface area contributed by atoms with Crippen LogP contribution in [0.15, 0.2) is 60.8 Å².